The average Bonchev–Trinajstić information content (AvgIpc) is 2.54. The van der Waals surface area contributed by atoms with Gasteiger partial charge in [0.2, 0.25) is 11.5 Å². The number of carbonyl (C=O) groups is 2. The van der Waals surface area contributed by atoms with Crippen molar-refractivity contribution in [2.75, 3.05) is 14.2 Å². The smallest absolute Gasteiger partial charge is 0.316 e. The van der Waals surface area contributed by atoms with Gasteiger partial charge in [0.1, 0.15) is 0 Å². The largest absolute Gasteiger partial charge is 0.490 e. The molecule has 0 atom stereocenters. The number of hydrogen-bond donors (Lipinski definition) is 0. The van der Waals surface area contributed by atoms with E-state index in [0.29, 0.717) is 10.8 Å². The molecule has 0 fully saturated rings. The second kappa shape index (κ2) is 7.01. The number of rotatable bonds is 4. The minimum atomic E-state index is -0.700. The van der Waals surface area contributed by atoms with Gasteiger partial charge in [0.25, 0.3) is 0 Å². The zero-order chi connectivity index (χ0) is 18.8. The van der Waals surface area contributed by atoms with Crippen molar-refractivity contribution in [3.63, 3.8) is 0 Å². The number of fused-ring (bicyclic) bond motifs is 1. The van der Waals surface area contributed by atoms with Crippen LogP contribution in [0.3, 0.4) is 0 Å². The normalized spacial score (nSPS) is 11.1. The molecule has 134 valence electrons. The lowest BCUT2D eigenvalue weighted by Crippen LogP contribution is -2.26. The van der Waals surface area contributed by atoms with E-state index >= 15 is 0 Å². The van der Waals surface area contributed by atoms with Gasteiger partial charge in [0.15, 0.2) is 11.5 Å². The maximum Gasteiger partial charge on any atom is 0.316 e. The molecule has 0 aromatic heterocycles. The molecule has 0 heterocycles. The van der Waals surface area contributed by atoms with Crippen molar-refractivity contribution in [1.82, 2.24) is 0 Å². The molecule has 0 aliphatic rings. The van der Waals surface area contributed by atoms with Gasteiger partial charge in [-0.1, -0.05) is 24.3 Å². The number of carbonyl (C=O) groups excluding carboxylic acids is 2. The molecule has 2 rings (SSSR count). The van der Waals surface area contributed by atoms with Gasteiger partial charge < -0.3 is 18.9 Å². The van der Waals surface area contributed by atoms with Gasteiger partial charge in [-0.3, -0.25) is 9.59 Å². The molecule has 0 aliphatic heterocycles. The molecule has 0 saturated carbocycles. The molecule has 0 aliphatic carbocycles. The van der Waals surface area contributed by atoms with Crippen LogP contribution in [0.1, 0.15) is 27.7 Å². The van der Waals surface area contributed by atoms with Gasteiger partial charge in [-0.05, 0) is 20.8 Å². The molecule has 0 unspecified atom stereocenters. The summed E-state index contributed by atoms with van der Waals surface area (Å²) in [6.45, 7) is 6.58. The summed E-state index contributed by atoms with van der Waals surface area (Å²) >= 11 is 0. The van der Waals surface area contributed by atoms with E-state index in [1.165, 1.54) is 21.1 Å². The number of esters is 2. The van der Waals surface area contributed by atoms with Crippen LogP contribution in [0.4, 0.5) is 0 Å². The molecule has 2 aromatic rings. The predicted molar refractivity (Wildman–Crippen MR) is 93.5 cm³/mol. The highest BCUT2D eigenvalue weighted by atomic mass is 16.6. The van der Waals surface area contributed by atoms with Gasteiger partial charge in [-0.15, -0.1) is 0 Å². The quantitative estimate of drug-likeness (QED) is 0.620. The highest BCUT2D eigenvalue weighted by Gasteiger charge is 2.30. The highest BCUT2D eigenvalue weighted by molar-refractivity contribution is 6.01. The van der Waals surface area contributed by atoms with Gasteiger partial charge >= 0.3 is 11.9 Å². The van der Waals surface area contributed by atoms with Crippen LogP contribution in [-0.4, -0.2) is 26.2 Å². The molecule has 25 heavy (non-hydrogen) atoms. The summed E-state index contributed by atoms with van der Waals surface area (Å²) in [5, 5.41) is 1.15. The average molecular weight is 346 g/mol. The molecule has 0 radical (unpaired) electrons. The van der Waals surface area contributed by atoms with E-state index < -0.39 is 17.4 Å². The SMILES string of the molecule is COc1c(OC)c(OC(=O)C(C)(C)C)c2ccccc2c1OC(C)=O. The zero-order valence-electron chi connectivity index (χ0n) is 15.3. The maximum absolute atomic E-state index is 12.4. The second-order valence-electron chi connectivity index (χ2n) is 6.50. The number of benzene rings is 2. The highest BCUT2D eigenvalue weighted by Crippen LogP contribution is 2.51. The number of ether oxygens (including phenoxy) is 4. The molecule has 6 heteroatoms. The van der Waals surface area contributed by atoms with Crippen molar-refractivity contribution in [1.29, 1.82) is 0 Å². The van der Waals surface area contributed by atoms with E-state index in [-0.39, 0.29) is 23.0 Å². The van der Waals surface area contributed by atoms with E-state index in [1.807, 2.05) is 0 Å². The van der Waals surface area contributed by atoms with Crippen molar-refractivity contribution in [2.45, 2.75) is 27.7 Å². The topological polar surface area (TPSA) is 71.1 Å². The summed E-state index contributed by atoms with van der Waals surface area (Å²) in [5.41, 5.74) is -0.700. The van der Waals surface area contributed by atoms with Crippen molar-refractivity contribution in [3.05, 3.63) is 24.3 Å². The summed E-state index contributed by atoms with van der Waals surface area (Å²) in [4.78, 5) is 23.9. The van der Waals surface area contributed by atoms with Crippen LogP contribution in [0, 0.1) is 5.41 Å². The Labute approximate surface area is 146 Å². The Balaban J connectivity index is 2.81. The lowest BCUT2D eigenvalue weighted by atomic mass is 9.97. The van der Waals surface area contributed by atoms with E-state index in [1.54, 1.807) is 45.0 Å². The van der Waals surface area contributed by atoms with Crippen molar-refractivity contribution < 1.29 is 28.5 Å². The van der Waals surface area contributed by atoms with Crippen LogP contribution in [0.25, 0.3) is 10.8 Å². The molecule has 6 nitrogen and oxygen atoms in total. The monoisotopic (exact) mass is 346 g/mol. The first-order valence-corrected chi connectivity index (χ1v) is 7.78. The summed E-state index contributed by atoms with van der Waals surface area (Å²) < 4.78 is 21.8. The maximum atomic E-state index is 12.4. The lowest BCUT2D eigenvalue weighted by molar-refractivity contribution is -0.143. The van der Waals surface area contributed by atoms with E-state index in [9.17, 15) is 9.59 Å². The van der Waals surface area contributed by atoms with Gasteiger partial charge in [-0.2, -0.15) is 0 Å². The number of methoxy groups -OCH3 is 2. The fraction of sp³-hybridized carbons (Fsp3) is 0.368. The van der Waals surface area contributed by atoms with Crippen molar-refractivity contribution in [3.8, 4) is 23.0 Å². The second-order valence-corrected chi connectivity index (χ2v) is 6.50. The first kappa shape index (κ1) is 18.6. The molecule has 0 N–H and O–H groups in total. The molecule has 0 spiro atoms. The van der Waals surface area contributed by atoms with Gasteiger partial charge in [-0.25, -0.2) is 0 Å². The van der Waals surface area contributed by atoms with Crippen LogP contribution in [0.5, 0.6) is 23.0 Å². The van der Waals surface area contributed by atoms with Gasteiger partial charge in [0.05, 0.1) is 19.6 Å². The fourth-order valence-corrected chi connectivity index (χ4v) is 2.29. The van der Waals surface area contributed by atoms with Gasteiger partial charge in [0, 0.05) is 17.7 Å². The Hall–Kier alpha value is -2.76. The molecular weight excluding hydrogens is 324 g/mol. The molecular formula is C19H22O6. The first-order chi connectivity index (χ1) is 11.7. The van der Waals surface area contributed by atoms with Crippen LogP contribution < -0.4 is 18.9 Å². The molecule has 2 aromatic carbocycles. The lowest BCUT2D eigenvalue weighted by Gasteiger charge is -2.22. The molecule has 0 saturated heterocycles. The van der Waals surface area contributed by atoms with Crippen molar-refractivity contribution in [2.24, 2.45) is 5.41 Å². The Morgan fingerprint density at radius 3 is 1.60 bits per heavy atom. The third kappa shape index (κ3) is 3.68. The minimum Gasteiger partial charge on any atom is -0.490 e. The Morgan fingerprint density at radius 1 is 0.800 bits per heavy atom. The third-order valence-corrected chi connectivity index (χ3v) is 3.50. The Kier molecular flexibility index (Phi) is 5.21. The zero-order valence-corrected chi connectivity index (χ0v) is 15.3. The fourth-order valence-electron chi connectivity index (χ4n) is 2.29. The molecule has 0 bridgehead atoms. The van der Waals surface area contributed by atoms with E-state index in [0.717, 1.165) is 0 Å². The minimum absolute atomic E-state index is 0.188. The summed E-state index contributed by atoms with van der Waals surface area (Å²) in [7, 11) is 2.85. The van der Waals surface area contributed by atoms with E-state index in [4.69, 9.17) is 18.9 Å². The van der Waals surface area contributed by atoms with Crippen LogP contribution in [0.2, 0.25) is 0 Å². The first-order valence-electron chi connectivity index (χ1n) is 7.78. The molecule has 0 amide bonds. The Morgan fingerprint density at radius 2 is 1.24 bits per heavy atom. The van der Waals surface area contributed by atoms with Crippen LogP contribution >= 0.6 is 0 Å². The van der Waals surface area contributed by atoms with Crippen LogP contribution in [0.15, 0.2) is 24.3 Å². The van der Waals surface area contributed by atoms with Crippen molar-refractivity contribution >= 4 is 22.7 Å². The standard InChI is InChI=1S/C19H22O6/c1-11(20)24-14-12-9-7-8-10-13(12)15(17(23-6)16(14)22-5)25-18(21)19(2,3)4/h7-10H,1-6H3. The number of hydrogen-bond acceptors (Lipinski definition) is 6. The third-order valence-electron chi connectivity index (χ3n) is 3.50. The predicted octanol–water partition coefficient (Wildman–Crippen LogP) is 3.73. The Bertz CT molecular complexity index is 817. The van der Waals surface area contributed by atoms with E-state index in [2.05, 4.69) is 0 Å². The summed E-state index contributed by atoms with van der Waals surface area (Å²) in [5.74, 6) is -0.0878. The van der Waals surface area contributed by atoms with Crippen LogP contribution in [-0.2, 0) is 9.59 Å². The summed E-state index contributed by atoms with van der Waals surface area (Å²) in [6, 6.07) is 7.09. The summed E-state index contributed by atoms with van der Waals surface area (Å²) in [6.07, 6.45) is 0.